The predicted octanol–water partition coefficient (Wildman–Crippen LogP) is -0.482. The number of H-pyrrole nitrogens is 2. The number of nitrogens with two attached hydrogens (primary N) is 1. The zero-order valence-electron chi connectivity index (χ0n) is 66.4. The fraction of sp³-hybridized carbons (Fsp3) is 0.481. The monoisotopic (exact) mass is 1610 g/mol. The average Bonchev–Trinajstić information content (AvgIpc) is 0.881. The van der Waals surface area contributed by atoms with Crippen LogP contribution in [0.1, 0.15) is 138 Å². The van der Waals surface area contributed by atoms with E-state index in [1.54, 1.807) is 30.5 Å². The van der Waals surface area contributed by atoms with Crippen LogP contribution in [0, 0.1) is 25.1 Å². The Kier molecular flexibility index (Phi) is 36.1. The van der Waals surface area contributed by atoms with Crippen molar-refractivity contribution in [2.45, 2.75) is 206 Å². The first-order chi connectivity index (χ1) is 55.0. The van der Waals surface area contributed by atoms with Gasteiger partial charge in [-0.15, -0.1) is 10.2 Å². The van der Waals surface area contributed by atoms with E-state index in [1.165, 1.54) is 38.4 Å². The lowest BCUT2D eigenvalue weighted by Gasteiger charge is -2.34. The maximum absolute atomic E-state index is 15.5. The van der Waals surface area contributed by atoms with Crippen LogP contribution in [0.15, 0.2) is 97.5 Å². The predicted molar refractivity (Wildman–Crippen MR) is 418 cm³/mol. The molecule has 0 aliphatic heterocycles. The molecule has 0 saturated carbocycles. The van der Waals surface area contributed by atoms with Gasteiger partial charge in [0, 0.05) is 57.1 Å². The molecule has 0 aliphatic carbocycles. The largest absolute Gasteiger partial charge is 0.494 e. The number of carboxylic acid groups (broad SMARTS) is 1. The van der Waals surface area contributed by atoms with Crippen molar-refractivity contribution in [1.82, 2.24) is 89.1 Å². The molecule has 6 rings (SSSR count). The van der Waals surface area contributed by atoms with Crippen molar-refractivity contribution in [2.24, 2.45) is 11.1 Å². The van der Waals surface area contributed by atoms with E-state index < -0.39 is 175 Å². The number of halogens is 1. The number of unbranched alkanes of at least 4 members (excludes halogenated alkanes) is 1. The summed E-state index contributed by atoms with van der Waals surface area (Å²) in [5, 5.41) is 82.8. The first-order valence-corrected chi connectivity index (χ1v) is 38.2. The third kappa shape index (κ3) is 29.1. The molecule has 0 bridgehead atoms. The quantitative estimate of drug-likeness (QED) is 0.0169. The smallest absolute Gasteiger partial charge is 0.305 e. The number of ether oxygens (including phenoxy) is 1. The van der Waals surface area contributed by atoms with E-state index in [9.17, 15) is 82.8 Å². The summed E-state index contributed by atoms with van der Waals surface area (Å²) in [4.78, 5) is 185. The number of rotatable bonds is 48. The van der Waals surface area contributed by atoms with Crippen LogP contribution in [0.2, 0.25) is 0 Å². The highest BCUT2D eigenvalue weighted by atomic mass is 19.1. The second-order valence-corrected chi connectivity index (χ2v) is 29.1. The van der Waals surface area contributed by atoms with Gasteiger partial charge < -0.3 is 94.4 Å². The number of aromatic nitrogens is 6. The van der Waals surface area contributed by atoms with Crippen molar-refractivity contribution in [3.05, 3.63) is 148 Å². The summed E-state index contributed by atoms with van der Waals surface area (Å²) in [7, 11) is 0. The molecule has 0 fully saturated rings. The van der Waals surface area contributed by atoms with Gasteiger partial charge in [0.15, 0.2) is 5.82 Å². The number of imidazole rings is 1. The molecule has 0 unspecified atom stereocenters. The number of aliphatic carboxylic acids is 1. The molecule has 628 valence electrons. The lowest BCUT2D eigenvalue weighted by atomic mass is 9.90. The number of carboxylic acids is 1. The first kappa shape index (κ1) is 92.7. The topological polar surface area (TPSA) is 554 Å². The van der Waals surface area contributed by atoms with Crippen molar-refractivity contribution in [2.75, 3.05) is 32.8 Å². The van der Waals surface area contributed by atoms with Crippen LogP contribution in [0.3, 0.4) is 0 Å². The normalized spacial score (nSPS) is 14.1. The van der Waals surface area contributed by atoms with Gasteiger partial charge in [-0.25, -0.2) is 9.37 Å². The molecule has 2 aromatic heterocycles. The number of nitrogens with one attached hydrogen (secondary N) is 13. The molecule has 36 nitrogen and oxygen atoms in total. The van der Waals surface area contributed by atoms with E-state index in [-0.39, 0.29) is 36.7 Å². The van der Waals surface area contributed by atoms with E-state index in [0.717, 1.165) is 73.1 Å². The van der Waals surface area contributed by atoms with E-state index in [2.05, 4.69) is 89.1 Å². The van der Waals surface area contributed by atoms with Crippen molar-refractivity contribution < 1.29 is 91.9 Å². The molecule has 12 amide bonds. The Hall–Kier alpha value is -12.1. The summed E-state index contributed by atoms with van der Waals surface area (Å²) >= 11 is 0. The summed E-state index contributed by atoms with van der Waals surface area (Å²) in [5.41, 5.74) is 8.26. The van der Waals surface area contributed by atoms with Crippen LogP contribution in [-0.4, -0.2) is 221 Å². The molecule has 0 spiro atoms. The zero-order chi connectivity index (χ0) is 85.4. The van der Waals surface area contributed by atoms with E-state index in [4.69, 9.17) is 10.5 Å². The molecular weight excluding hydrogens is 1510 g/mol. The van der Waals surface area contributed by atoms with Crippen molar-refractivity contribution in [1.29, 1.82) is 0 Å². The Morgan fingerprint density at radius 3 is 1.89 bits per heavy atom. The highest BCUT2D eigenvalue weighted by Gasteiger charge is 2.43. The molecule has 0 saturated heterocycles. The van der Waals surface area contributed by atoms with E-state index in [1.807, 2.05) is 64.1 Å². The van der Waals surface area contributed by atoms with Crippen LogP contribution in [0.4, 0.5) is 4.39 Å². The standard InChI is InChI=1S/C79H107FN18O18/c1-10-17-63(102)83-29-14-15-31-116-54-26-27-55(50(11-2)36-54)51-24-22-48(23-25-51)35-58(70(108)87-57(68(81)106)21-16-18-49-33-44(3)32-45(4)34-49)88-71(109)60(38-65(104)105)89-72(110)61(42-99)90-73(111)66(46(5)100)93-77(115)79(9,39-52-19-12-13-20-56(52)80)94-74(112)67(47(6)101)92-64(103)41-85-69(107)59(37-62-95-97-98-96-62)91-76(114)78(7,8)75(113)84-30-28-53-40-82-43-86-53/h12-13,19-20,22-27,32-34,36,40,43,46-47,57-61,66-67,99-101H,10-11,14-18,21,28-31,35,37-39,41-42H2,1-9H3,(H2,81,106)(H,82,86)(H,83,102)(H,84,113)(H,85,107)(H,87,108)(H,88,109)(H,89,110)(H,90,111)(H,91,114)(H,92,103)(H,93,115)(H,94,112)(H,104,105)(H,95,96,97,98)/t46-,47-,57+,58+,59+,60+,61+,66+,67+,79+/m1/s1. The number of tetrazole rings is 1. The fourth-order valence-electron chi connectivity index (χ4n) is 12.4. The minimum absolute atomic E-state index is 0.00653. The molecule has 116 heavy (non-hydrogen) atoms. The van der Waals surface area contributed by atoms with Crippen LogP contribution in [0.5, 0.6) is 5.75 Å². The molecule has 19 N–H and O–H groups in total. The highest BCUT2D eigenvalue weighted by molar-refractivity contribution is 6.06. The van der Waals surface area contributed by atoms with Gasteiger partial charge in [-0.05, 0) is 145 Å². The molecule has 6 aromatic rings. The van der Waals surface area contributed by atoms with Gasteiger partial charge in [0.25, 0.3) is 0 Å². The second kappa shape index (κ2) is 45.1. The minimum atomic E-state index is -2.41. The summed E-state index contributed by atoms with van der Waals surface area (Å²) in [6.45, 7) is 12.4. The number of amides is 12. The average molecular weight is 1620 g/mol. The van der Waals surface area contributed by atoms with Crippen LogP contribution >= 0.6 is 0 Å². The van der Waals surface area contributed by atoms with Crippen molar-refractivity contribution in [3.63, 3.8) is 0 Å². The summed E-state index contributed by atoms with van der Waals surface area (Å²) in [6, 6.07) is 10.9. The summed E-state index contributed by atoms with van der Waals surface area (Å²) in [6.07, 6.45) is 1.34. The number of primary amides is 1. The molecule has 4 aromatic carbocycles. The van der Waals surface area contributed by atoms with Gasteiger partial charge in [0.05, 0.1) is 44.7 Å². The number of nitrogens with zero attached hydrogens (tertiary/aromatic N) is 4. The Labute approximate surface area is 669 Å². The Morgan fingerprint density at radius 1 is 0.621 bits per heavy atom. The number of benzene rings is 4. The van der Waals surface area contributed by atoms with Gasteiger partial charge in [-0.2, -0.15) is 5.21 Å². The lowest BCUT2D eigenvalue weighted by Crippen LogP contribution is -2.67. The fourth-order valence-corrected chi connectivity index (χ4v) is 12.4. The summed E-state index contributed by atoms with van der Waals surface area (Å²) < 4.78 is 21.6. The SMILES string of the molecule is CCCC(=O)NCCCCOc1ccc(-c2ccc(C[C@H](NC(=O)[C@H](CC(=O)O)NC(=O)[C@H](CO)NC(=O)[C@@H](NC(=O)[C@](C)(Cc3ccccc3F)NC(=O)[C@@H](NC(=O)CNC(=O)[C@H](Cc3nn[nH]n3)NC(=O)C(C)(C)C(=O)NCCc3cnc[nH]3)[C@@H](C)O)[C@@H](C)O)C(=O)N[C@@H](CCCc3cc(C)cc(C)c3)C(N)=O)cc2)c(CC)c1. The highest BCUT2D eigenvalue weighted by Crippen LogP contribution is 2.29. The molecule has 2 heterocycles. The number of hydrogen-bond donors (Lipinski definition) is 18. The second-order valence-electron chi connectivity index (χ2n) is 29.1. The van der Waals surface area contributed by atoms with Gasteiger partial charge in [0.2, 0.25) is 70.9 Å². The Balaban J connectivity index is 1.17. The number of aliphatic hydroxyl groups is 3. The van der Waals surface area contributed by atoms with Crippen LogP contribution in [-0.2, 0) is 101 Å². The number of aliphatic hydroxyl groups excluding tert-OH is 3. The molecule has 10 atom stereocenters. The third-order valence-electron chi connectivity index (χ3n) is 18.9. The Bertz CT molecular complexity index is 4330. The number of carbonyl (C=O) groups excluding carboxylic acids is 12. The number of aryl methyl sites for hydroxylation is 4. The maximum Gasteiger partial charge on any atom is 0.305 e. The molecular formula is C79H107FN18O18. The van der Waals surface area contributed by atoms with E-state index >= 15 is 4.39 Å². The lowest BCUT2D eigenvalue weighted by molar-refractivity contribution is -0.143. The van der Waals surface area contributed by atoms with Crippen LogP contribution < -0.4 is 69.0 Å². The number of carbonyl (C=O) groups is 13. The minimum Gasteiger partial charge on any atom is -0.494 e. The van der Waals surface area contributed by atoms with Gasteiger partial charge in [0.1, 0.15) is 64.8 Å². The number of hydrogen-bond acceptors (Lipinski definition) is 21. The van der Waals surface area contributed by atoms with Crippen LogP contribution in [0.25, 0.3) is 11.1 Å². The first-order valence-electron chi connectivity index (χ1n) is 38.2. The zero-order valence-corrected chi connectivity index (χ0v) is 66.4. The van der Waals surface area contributed by atoms with E-state index in [0.29, 0.717) is 68.7 Å². The molecule has 0 radical (unpaired) electrons. The van der Waals surface area contributed by atoms with Crippen molar-refractivity contribution >= 4 is 76.9 Å². The number of aromatic amines is 2. The maximum atomic E-state index is 15.5. The van der Waals surface area contributed by atoms with Gasteiger partial charge >= 0.3 is 5.97 Å². The molecule has 37 heteroatoms. The molecule has 0 aliphatic rings. The third-order valence-corrected chi connectivity index (χ3v) is 18.9. The van der Waals surface area contributed by atoms with Crippen molar-refractivity contribution in [3.8, 4) is 16.9 Å². The van der Waals surface area contributed by atoms with Gasteiger partial charge in [-0.3, -0.25) is 62.3 Å². The van der Waals surface area contributed by atoms with Gasteiger partial charge in [-0.1, -0.05) is 96.9 Å². The summed E-state index contributed by atoms with van der Waals surface area (Å²) in [5.74, 6) is -14.3. The Morgan fingerprint density at radius 2 is 1.27 bits per heavy atom.